The number of halogens is 1. The van der Waals surface area contributed by atoms with Crippen LogP contribution in [-0.4, -0.2) is 20.2 Å². The van der Waals surface area contributed by atoms with Crippen LogP contribution in [0.15, 0.2) is 22.7 Å². The van der Waals surface area contributed by atoms with Crippen LogP contribution in [-0.2, 0) is 6.42 Å². The molecule has 0 atom stereocenters. The number of methoxy groups -OCH3 is 1. The molecule has 0 bridgehead atoms. The second-order valence-electron chi connectivity index (χ2n) is 5.80. The van der Waals surface area contributed by atoms with E-state index in [9.17, 15) is 0 Å². The second kappa shape index (κ2) is 7.91. The molecular formula is C16H26BrNO. The lowest BCUT2D eigenvalue weighted by molar-refractivity contribution is 0.315. The topological polar surface area (TPSA) is 21.3 Å². The quantitative estimate of drug-likeness (QED) is 0.714. The van der Waals surface area contributed by atoms with E-state index >= 15 is 0 Å². The number of hydrogen-bond acceptors (Lipinski definition) is 2. The minimum atomic E-state index is 0.328. The molecule has 1 N–H and O–H groups in total. The molecule has 2 nitrogen and oxygen atoms in total. The Kier molecular flexibility index (Phi) is 6.87. The molecule has 0 aliphatic heterocycles. The predicted octanol–water partition coefficient (Wildman–Crippen LogP) is 4.42. The molecule has 0 heterocycles. The van der Waals surface area contributed by atoms with E-state index in [-0.39, 0.29) is 0 Å². The summed E-state index contributed by atoms with van der Waals surface area (Å²) in [5.74, 6) is 0.902. The van der Waals surface area contributed by atoms with Crippen molar-refractivity contribution in [3.63, 3.8) is 0 Å². The highest BCUT2D eigenvalue weighted by Crippen LogP contribution is 2.28. The Morgan fingerprint density at radius 3 is 2.63 bits per heavy atom. The van der Waals surface area contributed by atoms with E-state index in [0.29, 0.717) is 5.41 Å². The third-order valence-corrected chi connectivity index (χ3v) is 4.10. The first-order chi connectivity index (χ1) is 8.98. The lowest BCUT2D eigenvalue weighted by atomic mass is 9.86. The molecular weight excluding hydrogens is 302 g/mol. The molecule has 0 spiro atoms. The van der Waals surface area contributed by atoms with Crippen LogP contribution in [0.1, 0.15) is 39.2 Å². The molecule has 0 saturated carbocycles. The lowest BCUT2D eigenvalue weighted by Crippen LogP contribution is -2.30. The average molecular weight is 328 g/mol. The first kappa shape index (κ1) is 16.5. The summed E-state index contributed by atoms with van der Waals surface area (Å²) in [5.41, 5.74) is 1.68. The Morgan fingerprint density at radius 1 is 1.32 bits per heavy atom. The van der Waals surface area contributed by atoms with Gasteiger partial charge in [0.15, 0.2) is 0 Å². The molecule has 1 aromatic carbocycles. The number of rotatable bonds is 8. The fourth-order valence-corrected chi connectivity index (χ4v) is 2.58. The van der Waals surface area contributed by atoms with Crippen molar-refractivity contribution in [3.05, 3.63) is 28.2 Å². The van der Waals surface area contributed by atoms with Gasteiger partial charge in [0, 0.05) is 11.0 Å². The summed E-state index contributed by atoms with van der Waals surface area (Å²) in [6, 6.07) is 6.22. The van der Waals surface area contributed by atoms with E-state index in [4.69, 9.17) is 4.74 Å². The van der Waals surface area contributed by atoms with Crippen LogP contribution in [0.4, 0.5) is 0 Å². The summed E-state index contributed by atoms with van der Waals surface area (Å²) < 4.78 is 6.36. The van der Waals surface area contributed by atoms with Crippen LogP contribution >= 0.6 is 15.9 Å². The highest BCUT2D eigenvalue weighted by atomic mass is 79.9. The molecule has 108 valence electrons. The summed E-state index contributed by atoms with van der Waals surface area (Å²) in [7, 11) is 1.70. The van der Waals surface area contributed by atoms with Crippen molar-refractivity contribution in [2.45, 2.75) is 40.0 Å². The second-order valence-corrected chi connectivity index (χ2v) is 6.65. The Hall–Kier alpha value is -0.540. The molecule has 0 radical (unpaired) electrons. The number of hydrogen-bond donors (Lipinski definition) is 1. The third kappa shape index (κ3) is 5.96. The first-order valence-corrected chi connectivity index (χ1v) is 7.81. The van der Waals surface area contributed by atoms with Crippen LogP contribution in [0.2, 0.25) is 0 Å². The molecule has 1 rings (SSSR count). The Morgan fingerprint density at radius 2 is 2.05 bits per heavy atom. The van der Waals surface area contributed by atoms with Crippen LogP contribution in [0.25, 0.3) is 0 Å². The van der Waals surface area contributed by atoms with Crippen LogP contribution in [0.5, 0.6) is 5.75 Å². The number of ether oxygens (including phenoxy) is 1. The zero-order valence-electron chi connectivity index (χ0n) is 12.6. The number of nitrogens with one attached hydrogen (secondary N) is 1. The molecule has 1 aromatic rings. The van der Waals surface area contributed by atoms with E-state index in [1.807, 2.05) is 12.1 Å². The van der Waals surface area contributed by atoms with Gasteiger partial charge in [-0.2, -0.15) is 0 Å². The molecule has 0 fully saturated rings. The fourth-order valence-electron chi connectivity index (χ4n) is 2.02. The van der Waals surface area contributed by atoms with Gasteiger partial charge in [-0.05, 0) is 48.9 Å². The molecule has 19 heavy (non-hydrogen) atoms. The van der Waals surface area contributed by atoms with Crippen molar-refractivity contribution in [1.82, 2.24) is 5.32 Å². The average Bonchev–Trinajstić information content (AvgIpc) is 2.37. The van der Waals surface area contributed by atoms with Crippen LogP contribution < -0.4 is 10.1 Å². The molecule has 0 aliphatic carbocycles. The fraction of sp³-hybridized carbons (Fsp3) is 0.625. The minimum absolute atomic E-state index is 0.328. The van der Waals surface area contributed by atoms with Gasteiger partial charge in [0.1, 0.15) is 5.75 Å². The van der Waals surface area contributed by atoms with E-state index < -0.39 is 0 Å². The monoisotopic (exact) mass is 327 g/mol. The first-order valence-electron chi connectivity index (χ1n) is 7.01. The van der Waals surface area contributed by atoms with Gasteiger partial charge in [-0.1, -0.05) is 42.8 Å². The molecule has 0 amide bonds. The van der Waals surface area contributed by atoms with Crippen molar-refractivity contribution >= 4 is 15.9 Å². The summed E-state index contributed by atoms with van der Waals surface area (Å²) in [6.45, 7) is 9.04. The van der Waals surface area contributed by atoms with Crippen molar-refractivity contribution in [2.24, 2.45) is 5.41 Å². The van der Waals surface area contributed by atoms with E-state index in [1.54, 1.807) is 7.11 Å². The van der Waals surface area contributed by atoms with Crippen molar-refractivity contribution < 1.29 is 4.74 Å². The van der Waals surface area contributed by atoms with Gasteiger partial charge in [0.2, 0.25) is 0 Å². The molecule has 0 saturated heterocycles. The minimum Gasteiger partial charge on any atom is -0.497 e. The molecule has 0 aliphatic rings. The van der Waals surface area contributed by atoms with Gasteiger partial charge < -0.3 is 10.1 Å². The highest BCUT2D eigenvalue weighted by molar-refractivity contribution is 9.10. The normalized spacial score (nSPS) is 11.6. The van der Waals surface area contributed by atoms with E-state index in [0.717, 1.165) is 29.7 Å². The Bertz CT molecular complexity index is 390. The SMILES string of the molecule is CCCNCC(C)(C)CCc1ccc(OC)cc1Br. The zero-order chi connectivity index (χ0) is 14.3. The van der Waals surface area contributed by atoms with E-state index in [1.165, 1.54) is 18.4 Å². The molecule has 3 heteroatoms. The number of benzene rings is 1. The maximum atomic E-state index is 5.22. The third-order valence-electron chi connectivity index (χ3n) is 3.36. The van der Waals surface area contributed by atoms with Gasteiger partial charge in [-0.25, -0.2) is 0 Å². The van der Waals surface area contributed by atoms with Gasteiger partial charge in [-0.15, -0.1) is 0 Å². The summed E-state index contributed by atoms with van der Waals surface area (Å²) >= 11 is 3.62. The van der Waals surface area contributed by atoms with Gasteiger partial charge >= 0.3 is 0 Å². The smallest absolute Gasteiger partial charge is 0.120 e. The standard InChI is InChI=1S/C16H26BrNO/c1-5-10-18-12-16(2,3)9-8-13-6-7-14(19-4)11-15(13)17/h6-7,11,18H,5,8-10,12H2,1-4H3. The van der Waals surface area contributed by atoms with Crippen molar-refractivity contribution in [1.29, 1.82) is 0 Å². The Balaban J connectivity index is 2.51. The van der Waals surface area contributed by atoms with Gasteiger partial charge in [-0.3, -0.25) is 0 Å². The largest absolute Gasteiger partial charge is 0.497 e. The Labute approximate surface area is 126 Å². The predicted molar refractivity (Wildman–Crippen MR) is 86.0 cm³/mol. The van der Waals surface area contributed by atoms with Gasteiger partial charge in [0.25, 0.3) is 0 Å². The van der Waals surface area contributed by atoms with Crippen molar-refractivity contribution in [2.75, 3.05) is 20.2 Å². The van der Waals surface area contributed by atoms with Crippen molar-refractivity contribution in [3.8, 4) is 5.75 Å². The van der Waals surface area contributed by atoms with Crippen LogP contribution in [0.3, 0.4) is 0 Å². The summed E-state index contributed by atoms with van der Waals surface area (Å²) in [5, 5.41) is 3.51. The molecule has 0 unspecified atom stereocenters. The highest BCUT2D eigenvalue weighted by Gasteiger charge is 2.17. The summed E-state index contributed by atoms with van der Waals surface area (Å²) in [4.78, 5) is 0. The maximum Gasteiger partial charge on any atom is 0.120 e. The lowest BCUT2D eigenvalue weighted by Gasteiger charge is -2.25. The summed E-state index contributed by atoms with van der Waals surface area (Å²) in [6.07, 6.45) is 3.46. The van der Waals surface area contributed by atoms with Gasteiger partial charge in [0.05, 0.1) is 7.11 Å². The molecule has 0 aromatic heterocycles. The van der Waals surface area contributed by atoms with E-state index in [2.05, 4.69) is 48.1 Å². The van der Waals surface area contributed by atoms with Crippen LogP contribution in [0, 0.1) is 5.41 Å². The number of aryl methyl sites for hydroxylation is 1. The zero-order valence-corrected chi connectivity index (χ0v) is 14.1. The maximum absolute atomic E-state index is 5.22.